The normalized spacial score (nSPS) is 58.3. The van der Waals surface area contributed by atoms with E-state index >= 15 is 0 Å². The van der Waals surface area contributed by atoms with Crippen LogP contribution in [-0.2, 0) is 4.79 Å². The number of carboxylic acids is 1. The monoisotopic (exact) mass is 320 g/mol. The maximum atomic E-state index is 12.1. The first kappa shape index (κ1) is 15.9. The van der Waals surface area contributed by atoms with Gasteiger partial charge in [-0.25, -0.2) is 0 Å². The highest BCUT2D eigenvalue weighted by Crippen LogP contribution is 2.72. The van der Waals surface area contributed by atoms with E-state index in [1.807, 2.05) is 13.8 Å². The first-order valence-electron chi connectivity index (χ1n) is 9.60. The lowest BCUT2D eigenvalue weighted by Gasteiger charge is -2.63. The van der Waals surface area contributed by atoms with Gasteiger partial charge in [0.1, 0.15) is 0 Å². The van der Waals surface area contributed by atoms with Gasteiger partial charge < -0.3 is 10.2 Å². The zero-order chi connectivity index (χ0) is 16.7. The zero-order valence-electron chi connectivity index (χ0n) is 14.9. The summed E-state index contributed by atoms with van der Waals surface area (Å²) >= 11 is 0. The molecule has 4 aliphatic carbocycles. The maximum Gasteiger partial charge on any atom is 0.309 e. The summed E-state index contributed by atoms with van der Waals surface area (Å²) in [6, 6.07) is 0. The minimum Gasteiger partial charge on any atom is -0.481 e. The van der Waals surface area contributed by atoms with E-state index in [9.17, 15) is 15.0 Å². The van der Waals surface area contributed by atoms with E-state index < -0.39 is 17.0 Å². The number of fused-ring (bicyclic) bond motifs is 3. The van der Waals surface area contributed by atoms with Crippen LogP contribution in [0.15, 0.2) is 0 Å². The van der Waals surface area contributed by atoms with Gasteiger partial charge in [-0.05, 0) is 93.8 Å². The molecule has 0 aromatic carbocycles. The van der Waals surface area contributed by atoms with Gasteiger partial charge in [0, 0.05) is 0 Å². The lowest BCUT2D eigenvalue weighted by atomic mass is 9.41. The molecule has 7 atom stereocenters. The van der Waals surface area contributed by atoms with E-state index in [1.165, 1.54) is 19.3 Å². The van der Waals surface area contributed by atoms with Crippen LogP contribution in [-0.4, -0.2) is 21.8 Å². The van der Waals surface area contributed by atoms with Crippen LogP contribution in [0.4, 0.5) is 0 Å². The van der Waals surface area contributed by atoms with Crippen molar-refractivity contribution in [2.45, 2.75) is 84.2 Å². The second-order valence-corrected chi connectivity index (χ2v) is 10.1. The predicted molar refractivity (Wildman–Crippen MR) is 88.9 cm³/mol. The maximum absolute atomic E-state index is 12.1. The number of hydrogen-bond donors (Lipinski definition) is 2. The molecular formula is C20H32O3. The van der Waals surface area contributed by atoms with Crippen LogP contribution in [0.25, 0.3) is 0 Å². The van der Waals surface area contributed by atoms with Gasteiger partial charge in [-0.3, -0.25) is 4.79 Å². The predicted octanol–water partition coefficient (Wildman–Crippen LogP) is 4.23. The van der Waals surface area contributed by atoms with Crippen LogP contribution in [0, 0.1) is 34.0 Å². The molecule has 0 heterocycles. The summed E-state index contributed by atoms with van der Waals surface area (Å²) in [5.74, 6) is 0.793. The third-order valence-corrected chi connectivity index (χ3v) is 8.98. The highest BCUT2D eigenvalue weighted by Gasteiger charge is 2.67. The Bertz CT molecular complexity index is 541. The summed E-state index contributed by atoms with van der Waals surface area (Å²) in [5.41, 5.74) is -0.612. The van der Waals surface area contributed by atoms with Crippen LogP contribution in [0.5, 0.6) is 0 Å². The lowest BCUT2D eigenvalue weighted by molar-refractivity contribution is -0.181. The van der Waals surface area contributed by atoms with Crippen molar-refractivity contribution in [2.24, 2.45) is 34.0 Å². The fourth-order valence-corrected chi connectivity index (χ4v) is 8.05. The molecule has 3 nitrogen and oxygen atoms in total. The van der Waals surface area contributed by atoms with Crippen molar-refractivity contribution in [3.05, 3.63) is 0 Å². The van der Waals surface area contributed by atoms with E-state index in [-0.39, 0.29) is 10.8 Å². The molecule has 0 aliphatic heterocycles. The van der Waals surface area contributed by atoms with Crippen LogP contribution in [0.2, 0.25) is 0 Å². The van der Waals surface area contributed by atoms with Gasteiger partial charge in [0.15, 0.2) is 0 Å². The third kappa shape index (κ3) is 1.89. The fourth-order valence-electron chi connectivity index (χ4n) is 8.05. The smallest absolute Gasteiger partial charge is 0.309 e. The molecule has 2 bridgehead atoms. The van der Waals surface area contributed by atoms with Crippen LogP contribution in [0.1, 0.15) is 78.6 Å². The third-order valence-electron chi connectivity index (χ3n) is 8.98. The first-order valence-corrected chi connectivity index (χ1v) is 9.60. The van der Waals surface area contributed by atoms with Gasteiger partial charge in [0.25, 0.3) is 0 Å². The Morgan fingerprint density at radius 2 is 1.74 bits per heavy atom. The Hall–Kier alpha value is -0.570. The zero-order valence-corrected chi connectivity index (χ0v) is 14.9. The van der Waals surface area contributed by atoms with Gasteiger partial charge in [0.2, 0.25) is 0 Å². The van der Waals surface area contributed by atoms with Crippen molar-refractivity contribution in [2.75, 3.05) is 0 Å². The van der Waals surface area contributed by atoms with Gasteiger partial charge in [0.05, 0.1) is 11.0 Å². The van der Waals surface area contributed by atoms with Crippen molar-refractivity contribution in [3.8, 4) is 0 Å². The quantitative estimate of drug-likeness (QED) is 0.760. The Kier molecular flexibility index (Phi) is 3.14. The number of aliphatic carboxylic acids is 1. The van der Waals surface area contributed by atoms with Crippen molar-refractivity contribution in [1.82, 2.24) is 0 Å². The lowest BCUT2D eigenvalue weighted by Crippen LogP contribution is -2.58. The molecule has 0 unspecified atom stereocenters. The molecular weight excluding hydrogens is 288 g/mol. The van der Waals surface area contributed by atoms with Crippen molar-refractivity contribution in [1.29, 1.82) is 0 Å². The Balaban J connectivity index is 1.74. The summed E-state index contributed by atoms with van der Waals surface area (Å²) in [6.07, 6.45) is 9.68. The molecule has 4 saturated carbocycles. The van der Waals surface area contributed by atoms with Gasteiger partial charge >= 0.3 is 5.97 Å². The Labute approximate surface area is 139 Å². The topological polar surface area (TPSA) is 57.5 Å². The molecule has 23 heavy (non-hydrogen) atoms. The second-order valence-electron chi connectivity index (χ2n) is 10.1. The standard InChI is InChI=1S/C20H32O3/c1-17-8-4-9-18(2,16(21)22)14(17)7-10-20-11-13(5-6-15(17)20)19(3,23)12-20/h13-15,23H,4-12H2,1-3H3,(H,21,22)/t13-,14+,15+,17-,18+,19+,20+/m1/s1. The average Bonchev–Trinajstić information content (AvgIpc) is 2.63. The van der Waals surface area contributed by atoms with Gasteiger partial charge in [-0.15, -0.1) is 0 Å². The number of carbonyl (C=O) groups is 1. The largest absolute Gasteiger partial charge is 0.481 e. The average molecular weight is 320 g/mol. The van der Waals surface area contributed by atoms with Crippen LogP contribution >= 0.6 is 0 Å². The first-order chi connectivity index (χ1) is 10.6. The molecule has 4 rings (SSSR count). The summed E-state index contributed by atoms with van der Waals surface area (Å²) in [6.45, 7) is 6.45. The number of aliphatic hydroxyl groups is 1. The molecule has 1 spiro atoms. The summed E-state index contributed by atoms with van der Waals surface area (Å²) in [4.78, 5) is 12.1. The molecule has 0 aromatic heterocycles. The summed E-state index contributed by atoms with van der Waals surface area (Å²) < 4.78 is 0. The molecule has 130 valence electrons. The SMILES string of the molecule is C[C@@]12CCC[C@](C)(C(=O)O)[C@H]1CC[C@@]13C[C@@H](CC[C@H]12)[C@@](C)(O)C3. The summed E-state index contributed by atoms with van der Waals surface area (Å²) in [5, 5.41) is 20.8. The van der Waals surface area contributed by atoms with E-state index in [0.29, 0.717) is 17.8 Å². The molecule has 0 radical (unpaired) electrons. The second kappa shape index (κ2) is 4.53. The van der Waals surface area contributed by atoms with E-state index in [4.69, 9.17) is 0 Å². The van der Waals surface area contributed by atoms with E-state index in [2.05, 4.69) is 6.92 Å². The number of hydrogen-bond acceptors (Lipinski definition) is 2. The molecule has 0 aromatic rings. The van der Waals surface area contributed by atoms with E-state index in [1.54, 1.807) is 0 Å². The number of carboxylic acid groups (broad SMARTS) is 1. The fraction of sp³-hybridized carbons (Fsp3) is 0.950. The highest BCUT2D eigenvalue weighted by atomic mass is 16.4. The van der Waals surface area contributed by atoms with Crippen LogP contribution in [0.3, 0.4) is 0 Å². The van der Waals surface area contributed by atoms with Gasteiger partial charge in [-0.2, -0.15) is 0 Å². The molecule has 4 fully saturated rings. The summed E-state index contributed by atoms with van der Waals surface area (Å²) in [7, 11) is 0. The number of rotatable bonds is 1. The molecule has 3 heteroatoms. The molecule has 4 aliphatic rings. The molecule has 0 saturated heterocycles. The molecule has 2 N–H and O–H groups in total. The van der Waals surface area contributed by atoms with Crippen molar-refractivity contribution >= 4 is 5.97 Å². The van der Waals surface area contributed by atoms with Gasteiger partial charge in [-0.1, -0.05) is 13.3 Å². The Morgan fingerprint density at radius 3 is 2.43 bits per heavy atom. The molecule has 0 amide bonds. The Morgan fingerprint density at radius 1 is 1.00 bits per heavy atom. The van der Waals surface area contributed by atoms with Crippen LogP contribution < -0.4 is 0 Å². The minimum absolute atomic E-state index is 0.148. The van der Waals surface area contributed by atoms with E-state index in [0.717, 1.165) is 38.5 Å². The minimum atomic E-state index is -0.587. The van der Waals surface area contributed by atoms with Crippen molar-refractivity contribution in [3.63, 3.8) is 0 Å². The highest BCUT2D eigenvalue weighted by molar-refractivity contribution is 5.75. The van der Waals surface area contributed by atoms with Crippen molar-refractivity contribution < 1.29 is 15.0 Å².